The van der Waals surface area contributed by atoms with Gasteiger partial charge in [-0.1, -0.05) is 20.3 Å². The SMILES string of the molecule is CC12CCC3C1C(C2)CC31CCC12CC1CC3(C)CCCC132. The molecule has 7 aliphatic carbocycles. The lowest BCUT2D eigenvalue weighted by molar-refractivity contribution is -0.381. The Morgan fingerprint density at radius 3 is 2.45 bits per heavy atom. The van der Waals surface area contributed by atoms with E-state index < -0.39 is 0 Å². The Kier molecular flexibility index (Phi) is 1.68. The van der Waals surface area contributed by atoms with Gasteiger partial charge in [0.1, 0.15) is 0 Å². The number of hydrogen-bond donors (Lipinski definition) is 0. The van der Waals surface area contributed by atoms with E-state index in [0.717, 1.165) is 33.0 Å². The summed E-state index contributed by atoms with van der Waals surface area (Å²) in [6, 6.07) is 0. The zero-order chi connectivity index (χ0) is 14.6. The van der Waals surface area contributed by atoms with E-state index in [1.54, 1.807) is 70.6 Å². The minimum Gasteiger partial charge on any atom is -0.0593 e. The van der Waals surface area contributed by atoms with Gasteiger partial charge in [-0.2, -0.15) is 0 Å². The van der Waals surface area contributed by atoms with Gasteiger partial charge < -0.3 is 0 Å². The highest BCUT2D eigenvalue weighted by Crippen LogP contribution is 2.96. The van der Waals surface area contributed by atoms with Gasteiger partial charge in [0.05, 0.1) is 0 Å². The molecular formula is C22H32. The van der Waals surface area contributed by atoms with E-state index in [-0.39, 0.29) is 0 Å². The normalized spacial score (nSPS) is 75.5. The van der Waals surface area contributed by atoms with E-state index in [2.05, 4.69) is 13.8 Å². The van der Waals surface area contributed by atoms with Gasteiger partial charge in [0, 0.05) is 0 Å². The average Bonchev–Trinajstić information content (AvgIpc) is 3.01. The van der Waals surface area contributed by atoms with Crippen molar-refractivity contribution in [2.24, 2.45) is 50.7 Å². The Morgan fingerprint density at radius 1 is 0.818 bits per heavy atom. The minimum atomic E-state index is 0.785. The maximum absolute atomic E-state index is 2.71. The fraction of sp³-hybridized carbons (Fsp3) is 1.00. The molecule has 22 heavy (non-hydrogen) atoms. The van der Waals surface area contributed by atoms with Gasteiger partial charge in [-0.3, -0.25) is 0 Å². The Balaban J connectivity index is 1.37. The van der Waals surface area contributed by atoms with Gasteiger partial charge in [-0.05, 0) is 115 Å². The van der Waals surface area contributed by atoms with Gasteiger partial charge in [-0.15, -0.1) is 0 Å². The van der Waals surface area contributed by atoms with Crippen LogP contribution in [0.4, 0.5) is 0 Å². The van der Waals surface area contributed by atoms with E-state index in [1.807, 2.05) is 0 Å². The van der Waals surface area contributed by atoms with Crippen LogP contribution in [0.2, 0.25) is 0 Å². The van der Waals surface area contributed by atoms with Crippen molar-refractivity contribution in [2.75, 3.05) is 0 Å². The molecule has 3 spiro atoms. The van der Waals surface area contributed by atoms with Gasteiger partial charge in [-0.25, -0.2) is 0 Å². The molecule has 7 fully saturated rings. The van der Waals surface area contributed by atoms with E-state index in [9.17, 15) is 0 Å². The molecule has 0 radical (unpaired) electrons. The van der Waals surface area contributed by atoms with E-state index in [4.69, 9.17) is 0 Å². The number of hydrogen-bond acceptors (Lipinski definition) is 0. The topological polar surface area (TPSA) is 0 Å². The summed E-state index contributed by atoms with van der Waals surface area (Å²) in [5, 5.41) is 0. The first-order valence-corrected chi connectivity index (χ1v) is 10.5. The first-order valence-electron chi connectivity index (χ1n) is 10.5. The molecule has 0 aromatic rings. The molecule has 0 N–H and O–H groups in total. The lowest BCUT2D eigenvalue weighted by Crippen LogP contribution is -2.79. The van der Waals surface area contributed by atoms with Crippen molar-refractivity contribution < 1.29 is 0 Å². The molecule has 7 aliphatic rings. The monoisotopic (exact) mass is 296 g/mol. The average molecular weight is 296 g/mol. The van der Waals surface area contributed by atoms with Gasteiger partial charge in [0.2, 0.25) is 0 Å². The van der Waals surface area contributed by atoms with Gasteiger partial charge in [0.15, 0.2) is 0 Å². The van der Waals surface area contributed by atoms with Crippen molar-refractivity contribution in [3.63, 3.8) is 0 Å². The summed E-state index contributed by atoms with van der Waals surface area (Å²) >= 11 is 0. The van der Waals surface area contributed by atoms with Crippen molar-refractivity contribution in [3.05, 3.63) is 0 Å². The molecule has 0 bridgehead atoms. The van der Waals surface area contributed by atoms with Crippen LogP contribution in [-0.4, -0.2) is 0 Å². The fourth-order valence-corrected chi connectivity index (χ4v) is 11.8. The predicted molar refractivity (Wildman–Crippen MR) is 88.3 cm³/mol. The standard InChI is InChI=1S/C22H32/c1-18-7-4-16-17(18)14(10-18)11-20(16)8-9-21(20)13-15-12-19(2)5-3-6-22(15,19)21/h14-17H,3-13H2,1-2H3. The molecule has 0 amide bonds. The third-order valence-electron chi connectivity index (χ3n) is 12.0. The highest BCUT2D eigenvalue weighted by Gasteiger charge is 2.88. The smallest absolute Gasteiger partial charge is 0.0153 e. The molecule has 7 rings (SSSR count). The third-order valence-corrected chi connectivity index (χ3v) is 12.0. The van der Waals surface area contributed by atoms with Crippen molar-refractivity contribution in [2.45, 2.75) is 84.5 Å². The van der Waals surface area contributed by atoms with E-state index in [0.29, 0.717) is 0 Å². The van der Waals surface area contributed by atoms with Crippen molar-refractivity contribution >= 4 is 0 Å². The van der Waals surface area contributed by atoms with E-state index in [1.165, 1.54) is 17.8 Å². The second kappa shape index (κ2) is 2.99. The summed E-state index contributed by atoms with van der Waals surface area (Å²) in [5.41, 5.74) is 4.17. The van der Waals surface area contributed by atoms with Crippen LogP contribution in [0.5, 0.6) is 0 Å². The highest BCUT2D eigenvalue weighted by molar-refractivity contribution is 5.37. The fourth-order valence-electron chi connectivity index (χ4n) is 11.8. The molecule has 0 nitrogen and oxygen atoms in total. The maximum Gasteiger partial charge on any atom is -0.0153 e. The first-order chi connectivity index (χ1) is 10.5. The van der Waals surface area contributed by atoms with Crippen LogP contribution in [-0.2, 0) is 0 Å². The van der Waals surface area contributed by atoms with Gasteiger partial charge in [0.25, 0.3) is 0 Å². The largest absolute Gasteiger partial charge is 0.0593 e. The van der Waals surface area contributed by atoms with E-state index >= 15 is 0 Å². The Hall–Kier alpha value is 0. The van der Waals surface area contributed by atoms with Crippen LogP contribution in [0.1, 0.15) is 84.5 Å². The number of rotatable bonds is 0. The highest BCUT2D eigenvalue weighted by atomic mass is 14.9. The third kappa shape index (κ3) is 0.817. The molecule has 0 heteroatoms. The molecule has 9 unspecified atom stereocenters. The van der Waals surface area contributed by atoms with Crippen LogP contribution < -0.4 is 0 Å². The zero-order valence-electron chi connectivity index (χ0n) is 14.6. The maximum atomic E-state index is 2.71. The van der Waals surface area contributed by atoms with Crippen LogP contribution in [0.15, 0.2) is 0 Å². The van der Waals surface area contributed by atoms with Crippen LogP contribution in [0.3, 0.4) is 0 Å². The zero-order valence-corrected chi connectivity index (χ0v) is 14.6. The second-order valence-corrected chi connectivity index (χ2v) is 11.7. The Morgan fingerprint density at radius 2 is 1.73 bits per heavy atom. The minimum absolute atomic E-state index is 0.785. The quantitative estimate of drug-likeness (QED) is 0.529. The van der Waals surface area contributed by atoms with Crippen molar-refractivity contribution in [1.29, 1.82) is 0 Å². The first kappa shape index (κ1) is 12.4. The number of fused-ring (bicyclic) bond motifs is 2. The molecule has 9 atom stereocenters. The van der Waals surface area contributed by atoms with Crippen molar-refractivity contribution in [3.8, 4) is 0 Å². The summed E-state index contributed by atoms with van der Waals surface area (Å²) in [6.07, 6.45) is 17.9. The molecule has 7 saturated carbocycles. The molecule has 0 aromatic heterocycles. The molecule has 0 aromatic carbocycles. The molecule has 0 saturated heterocycles. The Labute approximate surface area is 135 Å². The molecule has 120 valence electrons. The van der Waals surface area contributed by atoms with Gasteiger partial charge >= 0.3 is 0 Å². The Bertz CT molecular complexity index is 607. The van der Waals surface area contributed by atoms with Crippen LogP contribution >= 0.6 is 0 Å². The molecular weight excluding hydrogens is 264 g/mol. The lowest BCUT2D eigenvalue weighted by atomic mass is 9.18. The summed E-state index contributed by atoms with van der Waals surface area (Å²) in [6.45, 7) is 5.37. The summed E-state index contributed by atoms with van der Waals surface area (Å²) in [7, 11) is 0. The molecule has 0 heterocycles. The van der Waals surface area contributed by atoms with Crippen LogP contribution in [0.25, 0.3) is 0 Å². The predicted octanol–water partition coefficient (Wildman–Crippen LogP) is 5.81. The molecule has 0 aliphatic heterocycles. The van der Waals surface area contributed by atoms with Crippen molar-refractivity contribution in [1.82, 2.24) is 0 Å². The lowest BCUT2D eigenvalue weighted by Gasteiger charge is -2.86. The van der Waals surface area contributed by atoms with Crippen LogP contribution in [0, 0.1) is 50.7 Å². The summed E-state index contributed by atoms with van der Waals surface area (Å²) in [5.74, 6) is 4.68. The second-order valence-electron chi connectivity index (χ2n) is 11.7. The summed E-state index contributed by atoms with van der Waals surface area (Å²) < 4.78 is 0. The summed E-state index contributed by atoms with van der Waals surface area (Å²) in [4.78, 5) is 0.